The molecular weight excluding hydrogens is 156 g/mol. The van der Waals surface area contributed by atoms with Crippen molar-refractivity contribution in [2.24, 2.45) is 5.41 Å². The van der Waals surface area contributed by atoms with E-state index in [0.29, 0.717) is 5.41 Å². The van der Waals surface area contributed by atoms with Crippen LogP contribution in [0.4, 0.5) is 0 Å². The Kier molecular flexibility index (Phi) is 3.00. The van der Waals surface area contributed by atoms with Gasteiger partial charge in [0.15, 0.2) is 0 Å². The van der Waals surface area contributed by atoms with E-state index < -0.39 is 0 Å². The van der Waals surface area contributed by atoms with E-state index in [1.807, 2.05) is 0 Å². The Morgan fingerprint density at radius 2 is 2.00 bits per heavy atom. The summed E-state index contributed by atoms with van der Waals surface area (Å²) in [5, 5.41) is 0. The van der Waals surface area contributed by atoms with Crippen LogP contribution in [0.15, 0.2) is 22.8 Å². The lowest BCUT2D eigenvalue weighted by molar-refractivity contribution is 0.350. The number of hydrogen-bond donors (Lipinski definition) is 0. The van der Waals surface area contributed by atoms with E-state index in [0.717, 1.165) is 0 Å². The van der Waals surface area contributed by atoms with Crippen molar-refractivity contribution < 1.29 is 0 Å². The highest BCUT2D eigenvalue weighted by atomic mass is 14.3. The number of allylic oxidation sites excluding steroid dienone is 4. The zero-order valence-corrected chi connectivity index (χ0v) is 9.70. The molecule has 0 bridgehead atoms. The van der Waals surface area contributed by atoms with Crippen molar-refractivity contribution in [2.75, 3.05) is 0 Å². The van der Waals surface area contributed by atoms with Gasteiger partial charge >= 0.3 is 0 Å². The maximum absolute atomic E-state index is 2.39. The molecule has 0 aromatic carbocycles. The van der Waals surface area contributed by atoms with Gasteiger partial charge in [-0.15, -0.1) is 0 Å². The fourth-order valence-electron chi connectivity index (χ4n) is 2.23. The van der Waals surface area contributed by atoms with Gasteiger partial charge < -0.3 is 0 Å². The van der Waals surface area contributed by atoms with Crippen molar-refractivity contribution in [3.63, 3.8) is 0 Å². The van der Waals surface area contributed by atoms with Crippen LogP contribution in [0.3, 0.4) is 0 Å². The highest BCUT2D eigenvalue weighted by molar-refractivity contribution is 5.32. The third kappa shape index (κ3) is 2.72. The highest BCUT2D eigenvalue weighted by Gasteiger charge is 2.24. The Bertz CT molecular complexity index is 251. The molecule has 13 heavy (non-hydrogen) atoms. The molecule has 0 amide bonds. The Morgan fingerprint density at radius 1 is 1.38 bits per heavy atom. The minimum Gasteiger partial charge on any atom is -0.0725 e. The van der Waals surface area contributed by atoms with E-state index in [1.54, 1.807) is 16.7 Å². The van der Waals surface area contributed by atoms with Gasteiger partial charge in [0, 0.05) is 0 Å². The molecule has 1 aliphatic rings. The lowest BCUT2D eigenvalue weighted by Crippen LogP contribution is -2.17. The van der Waals surface area contributed by atoms with Gasteiger partial charge in [-0.3, -0.25) is 0 Å². The lowest BCUT2D eigenvalue weighted by Gasteiger charge is -2.31. The van der Waals surface area contributed by atoms with E-state index in [4.69, 9.17) is 0 Å². The molecule has 1 aliphatic carbocycles. The summed E-state index contributed by atoms with van der Waals surface area (Å²) >= 11 is 0. The molecule has 1 rings (SSSR count). The first-order chi connectivity index (χ1) is 5.94. The Labute approximate surface area is 82.7 Å². The minimum atomic E-state index is 0.477. The van der Waals surface area contributed by atoms with E-state index in [2.05, 4.69) is 40.7 Å². The van der Waals surface area contributed by atoms with Crippen molar-refractivity contribution in [3.8, 4) is 0 Å². The molecule has 0 spiro atoms. The molecule has 0 nitrogen and oxygen atoms in total. The predicted molar refractivity (Wildman–Crippen MR) is 59.8 cm³/mol. The monoisotopic (exact) mass is 178 g/mol. The first-order valence-electron chi connectivity index (χ1n) is 5.30. The van der Waals surface area contributed by atoms with Crippen LogP contribution >= 0.6 is 0 Å². The highest BCUT2D eigenvalue weighted by Crippen LogP contribution is 2.38. The van der Waals surface area contributed by atoms with Crippen molar-refractivity contribution >= 4 is 0 Å². The second-order valence-corrected chi connectivity index (χ2v) is 5.17. The molecule has 0 atom stereocenters. The molecule has 0 N–H and O–H groups in total. The number of hydrogen-bond acceptors (Lipinski definition) is 0. The zero-order chi connectivity index (χ0) is 10.1. The van der Waals surface area contributed by atoms with Crippen LogP contribution in [0, 0.1) is 5.41 Å². The topological polar surface area (TPSA) is 0 Å². The third-order valence-electron chi connectivity index (χ3n) is 2.93. The zero-order valence-electron chi connectivity index (χ0n) is 9.70. The average molecular weight is 178 g/mol. The molecule has 0 heteroatoms. The quantitative estimate of drug-likeness (QED) is 0.555. The Hall–Kier alpha value is -0.520. The second kappa shape index (κ2) is 3.69. The summed E-state index contributed by atoms with van der Waals surface area (Å²) in [6, 6.07) is 0. The summed E-state index contributed by atoms with van der Waals surface area (Å²) in [6.45, 7) is 11.5. The van der Waals surface area contributed by atoms with Gasteiger partial charge in [-0.25, -0.2) is 0 Å². The van der Waals surface area contributed by atoms with Gasteiger partial charge in [0.2, 0.25) is 0 Å². The van der Waals surface area contributed by atoms with Crippen LogP contribution < -0.4 is 0 Å². The van der Waals surface area contributed by atoms with Crippen molar-refractivity contribution in [3.05, 3.63) is 22.8 Å². The standard InChI is InChI=1S/C13H22/c1-6-11(3)12-7-10(2)8-13(4,5)9-12/h7H,6,8-9H2,1-5H3/b12-11+. The SMILES string of the molecule is CC/C(C)=C1\C=C(C)CC(C)(C)C1. The van der Waals surface area contributed by atoms with Crippen molar-refractivity contribution in [1.29, 1.82) is 0 Å². The molecule has 0 aliphatic heterocycles. The van der Waals surface area contributed by atoms with E-state index in [1.165, 1.54) is 19.3 Å². The van der Waals surface area contributed by atoms with Crippen LogP contribution in [0.25, 0.3) is 0 Å². The Balaban J connectivity index is 2.97. The van der Waals surface area contributed by atoms with Gasteiger partial charge in [0.25, 0.3) is 0 Å². The molecule has 0 aromatic heterocycles. The summed E-state index contributed by atoms with van der Waals surface area (Å²) in [6.07, 6.45) is 6.09. The van der Waals surface area contributed by atoms with E-state index in [9.17, 15) is 0 Å². The van der Waals surface area contributed by atoms with Gasteiger partial charge in [-0.1, -0.05) is 38.0 Å². The first kappa shape index (κ1) is 10.6. The summed E-state index contributed by atoms with van der Waals surface area (Å²) in [4.78, 5) is 0. The summed E-state index contributed by atoms with van der Waals surface area (Å²) < 4.78 is 0. The average Bonchev–Trinajstić information content (AvgIpc) is 1.99. The van der Waals surface area contributed by atoms with Crippen LogP contribution in [0.2, 0.25) is 0 Å². The molecule has 0 radical (unpaired) electrons. The minimum absolute atomic E-state index is 0.477. The molecule has 0 unspecified atom stereocenters. The fraction of sp³-hybridized carbons (Fsp3) is 0.692. The summed E-state index contributed by atoms with van der Waals surface area (Å²) in [5.41, 5.74) is 5.16. The van der Waals surface area contributed by atoms with Crippen molar-refractivity contribution in [2.45, 2.75) is 53.9 Å². The first-order valence-corrected chi connectivity index (χ1v) is 5.30. The van der Waals surface area contributed by atoms with Gasteiger partial charge in [0.1, 0.15) is 0 Å². The van der Waals surface area contributed by atoms with Crippen LogP contribution in [-0.4, -0.2) is 0 Å². The molecule has 74 valence electrons. The number of rotatable bonds is 1. The molecule has 0 aromatic rings. The molecular formula is C13H22. The normalized spacial score (nSPS) is 25.5. The van der Waals surface area contributed by atoms with Crippen LogP contribution in [-0.2, 0) is 0 Å². The van der Waals surface area contributed by atoms with Crippen LogP contribution in [0.1, 0.15) is 53.9 Å². The van der Waals surface area contributed by atoms with Gasteiger partial charge in [-0.2, -0.15) is 0 Å². The van der Waals surface area contributed by atoms with Gasteiger partial charge in [-0.05, 0) is 44.1 Å². The van der Waals surface area contributed by atoms with E-state index >= 15 is 0 Å². The van der Waals surface area contributed by atoms with Crippen LogP contribution in [0.5, 0.6) is 0 Å². The summed E-state index contributed by atoms with van der Waals surface area (Å²) in [5.74, 6) is 0. The summed E-state index contributed by atoms with van der Waals surface area (Å²) in [7, 11) is 0. The molecule has 0 saturated carbocycles. The van der Waals surface area contributed by atoms with E-state index in [-0.39, 0.29) is 0 Å². The smallest absolute Gasteiger partial charge is 0.0225 e. The van der Waals surface area contributed by atoms with Gasteiger partial charge in [0.05, 0.1) is 0 Å². The maximum atomic E-state index is 2.39. The largest absolute Gasteiger partial charge is 0.0725 e. The molecule has 0 heterocycles. The Morgan fingerprint density at radius 3 is 2.46 bits per heavy atom. The second-order valence-electron chi connectivity index (χ2n) is 5.17. The van der Waals surface area contributed by atoms with Crippen molar-refractivity contribution in [1.82, 2.24) is 0 Å². The fourth-order valence-corrected chi connectivity index (χ4v) is 2.23. The maximum Gasteiger partial charge on any atom is -0.0225 e. The lowest BCUT2D eigenvalue weighted by atomic mass is 9.74. The predicted octanol–water partition coefficient (Wildman–Crippen LogP) is 4.48. The third-order valence-corrected chi connectivity index (χ3v) is 2.93. The molecule has 0 saturated heterocycles. The molecule has 0 fully saturated rings.